The molecular weight excluding hydrogens is 342 g/mol. The predicted octanol–water partition coefficient (Wildman–Crippen LogP) is 2.09. The molecule has 0 bridgehead atoms. The molecular formula is C20H27N5O2. The number of aromatic nitrogens is 3. The lowest BCUT2D eigenvalue weighted by Crippen LogP contribution is -2.41. The van der Waals surface area contributed by atoms with Gasteiger partial charge in [-0.25, -0.2) is 4.98 Å². The van der Waals surface area contributed by atoms with Crippen molar-refractivity contribution in [2.75, 3.05) is 6.54 Å². The van der Waals surface area contributed by atoms with Crippen LogP contribution in [0, 0.1) is 5.92 Å². The van der Waals surface area contributed by atoms with Crippen molar-refractivity contribution in [3.05, 3.63) is 47.8 Å². The monoisotopic (exact) mass is 369 g/mol. The summed E-state index contributed by atoms with van der Waals surface area (Å²) in [6.45, 7) is 7.90. The third-order valence-corrected chi connectivity index (χ3v) is 4.72. The van der Waals surface area contributed by atoms with Gasteiger partial charge in [0.15, 0.2) is 0 Å². The maximum Gasteiger partial charge on any atom is 0.226 e. The van der Waals surface area contributed by atoms with E-state index < -0.39 is 0 Å². The van der Waals surface area contributed by atoms with Gasteiger partial charge in [-0.05, 0) is 25.0 Å². The van der Waals surface area contributed by atoms with Crippen LogP contribution in [0.2, 0.25) is 0 Å². The molecule has 144 valence electrons. The first kappa shape index (κ1) is 19.1. The molecule has 0 radical (unpaired) electrons. The average molecular weight is 369 g/mol. The Morgan fingerprint density at radius 3 is 2.78 bits per heavy atom. The molecule has 0 spiro atoms. The van der Waals surface area contributed by atoms with E-state index in [1.807, 2.05) is 36.2 Å². The topological polar surface area (TPSA) is 80.1 Å². The van der Waals surface area contributed by atoms with Gasteiger partial charge in [0.1, 0.15) is 5.82 Å². The van der Waals surface area contributed by atoms with Crippen molar-refractivity contribution in [2.24, 2.45) is 5.92 Å². The second kappa shape index (κ2) is 8.33. The van der Waals surface area contributed by atoms with Gasteiger partial charge in [-0.15, -0.1) is 0 Å². The van der Waals surface area contributed by atoms with E-state index in [1.165, 1.54) is 0 Å². The molecule has 7 heteroatoms. The number of nitrogens with zero attached hydrogens (tertiary/aromatic N) is 4. The predicted molar refractivity (Wildman–Crippen MR) is 102 cm³/mol. The first-order valence-corrected chi connectivity index (χ1v) is 9.46. The van der Waals surface area contributed by atoms with Crippen LogP contribution in [0.25, 0.3) is 0 Å². The lowest BCUT2D eigenvalue weighted by Gasteiger charge is -2.34. The van der Waals surface area contributed by atoms with E-state index in [-0.39, 0.29) is 24.3 Å². The van der Waals surface area contributed by atoms with E-state index in [0.29, 0.717) is 32.0 Å². The third-order valence-electron chi connectivity index (χ3n) is 4.72. The Labute approximate surface area is 159 Å². The van der Waals surface area contributed by atoms with Gasteiger partial charge >= 0.3 is 0 Å². The van der Waals surface area contributed by atoms with E-state index in [0.717, 1.165) is 17.2 Å². The Morgan fingerprint density at radius 1 is 1.26 bits per heavy atom. The van der Waals surface area contributed by atoms with Gasteiger partial charge in [0.05, 0.1) is 30.4 Å². The molecule has 1 atom stereocenters. The zero-order valence-electron chi connectivity index (χ0n) is 16.2. The number of fused-ring (bicyclic) bond motifs is 1. The highest BCUT2D eigenvalue weighted by Gasteiger charge is 2.29. The molecule has 0 unspecified atom stereocenters. The lowest BCUT2D eigenvalue weighted by atomic mass is 10.1. The van der Waals surface area contributed by atoms with E-state index in [2.05, 4.69) is 33.7 Å². The van der Waals surface area contributed by atoms with Crippen molar-refractivity contribution in [2.45, 2.75) is 52.7 Å². The first-order valence-electron chi connectivity index (χ1n) is 9.46. The van der Waals surface area contributed by atoms with Crippen LogP contribution in [-0.4, -0.2) is 37.8 Å². The van der Waals surface area contributed by atoms with Gasteiger partial charge < -0.3 is 14.8 Å². The number of hydrogen-bond acceptors (Lipinski definition) is 4. The summed E-state index contributed by atoms with van der Waals surface area (Å²) in [6, 6.07) is 5.54. The average Bonchev–Trinajstić information content (AvgIpc) is 3.04. The molecule has 3 heterocycles. The van der Waals surface area contributed by atoms with Crippen molar-refractivity contribution < 1.29 is 9.59 Å². The van der Waals surface area contributed by atoms with Crippen LogP contribution in [0.1, 0.15) is 50.4 Å². The largest absolute Gasteiger partial charge is 0.350 e. The smallest absolute Gasteiger partial charge is 0.226 e. The number of carbonyl (C=O) groups excluding carboxylic acids is 2. The quantitative estimate of drug-likeness (QED) is 0.845. The summed E-state index contributed by atoms with van der Waals surface area (Å²) in [5.74, 6) is 1.27. The molecule has 1 N–H and O–H groups in total. The number of imidazole rings is 1. The summed E-state index contributed by atoms with van der Waals surface area (Å²) in [6.07, 6.45) is 4.41. The molecule has 0 aromatic carbocycles. The number of hydrogen-bond donors (Lipinski definition) is 1. The molecule has 2 amide bonds. The summed E-state index contributed by atoms with van der Waals surface area (Å²) in [7, 11) is 0. The fourth-order valence-corrected chi connectivity index (χ4v) is 3.36. The molecule has 0 aliphatic carbocycles. The highest BCUT2D eigenvalue weighted by molar-refractivity contribution is 5.78. The number of rotatable bonds is 6. The maximum absolute atomic E-state index is 12.5. The van der Waals surface area contributed by atoms with Gasteiger partial charge in [0.25, 0.3) is 0 Å². The minimum Gasteiger partial charge on any atom is -0.350 e. The van der Waals surface area contributed by atoms with Crippen molar-refractivity contribution in [1.82, 2.24) is 24.8 Å². The molecule has 27 heavy (non-hydrogen) atoms. The molecule has 0 saturated carbocycles. The highest BCUT2D eigenvalue weighted by Crippen LogP contribution is 2.26. The van der Waals surface area contributed by atoms with Gasteiger partial charge in [-0.3, -0.25) is 14.6 Å². The van der Waals surface area contributed by atoms with Crippen molar-refractivity contribution in [1.29, 1.82) is 0 Å². The second-order valence-electron chi connectivity index (χ2n) is 7.42. The van der Waals surface area contributed by atoms with Crippen LogP contribution in [0.3, 0.4) is 0 Å². The Kier molecular flexibility index (Phi) is 5.88. The molecule has 3 rings (SSSR count). The molecule has 1 aliphatic rings. The van der Waals surface area contributed by atoms with E-state index in [9.17, 15) is 9.59 Å². The Hall–Kier alpha value is -2.70. The van der Waals surface area contributed by atoms with Gasteiger partial charge in [-0.2, -0.15) is 0 Å². The van der Waals surface area contributed by atoms with Crippen LogP contribution in [-0.2, 0) is 29.1 Å². The van der Waals surface area contributed by atoms with Gasteiger partial charge in [-0.1, -0.05) is 19.9 Å². The maximum atomic E-state index is 12.5. The van der Waals surface area contributed by atoms with Gasteiger partial charge in [0, 0.05) is 31.9 Å². The fourth-order valence-electron chi connectivity index (χ4n) is 3.36. The molecule has 2 aromatic heterocycles. The van der Waals surface area contributed by atoms with Crippen LogP contribution in [0.5, 0.6) is 0 Å². The number of amides is 2. The summed E-state index contributed by atoms with van der Waals surface area (Å²) in [5, 5.41) is 2.87. The van der Waals surface area contributed by atoms with Crippen molar-refractivity contribution in [3.63, 3.8) is 0 Å². The van der Waals surface area contributed by atoms with Crippen LogP contribution in [0.4, 0.5) is 0 Å². The first-order chi connectivity index (χ1) is 12.9. The lowest BCUT2D eigenvalue weighted by molar-refractivity contribution is -0.135. The summed E-state index contributed by atoms with van der Waals surface area (Å²) >= 11 is 0. The Balaban J connectivity index is 1.60. The zero-order chi connectivity index (χ0) is 19.4. The normalized spacial score (nSPS) is 16.3. The minimum absolute atomic E-state index is 0.0738. The van der Waals surface area contributed by atoms with Crippen LogP contribution >= 0.6 is 0 Å². The van der Waals surface area contributed by atoms with E-state index in [4.69, 9.17) is 0 Å². The highest BCUT2D eigenvalue weighted by atomic mass is 16.2. The molecule has 0 saturated heterocycles. The molecule has 7 nitrogen and oxygen atoms in total. The van der Waals surface area contributed by atoms with Crippen LogP contribution in [0.15, 0.2) is 30.6 Å². The second-order valence-corrected chi connectivity index (χ2v) is 7.42. The van der Waals surface area contributed by atoms with E-state index in [1.54, 1.807) is 6.20 Å². The summed E-state index contributed by atoms with van der Waals surface area (Å²) in [5.41, 5.74) is 1.55. The molecule has 1 aliphatic heterocycles. The SMILES string of the molecule is CC(C)CC(=O)N1CCn2cc(CC(=O)NCc3ccccn3)nc2[C@H]1C. The fraction of sp³-hybridized carbons (Fsp3) is 0.500. The van der Waals surface area contributed by atoms with Gasteiger partial charge in [0.2, 0.25) is 11.8 Å². The zero-order valence-corrected chi connectivity index (χ0v) is 16.2. The minimum atomic E-state index is -0.0866. The number of carbonyl (C=O) groups is 2. The van der Waals surface area contributed by atoms with Crippen molar-refractivity contribution >= 4 is 11.8 Å². The summed E-state index contributed by atoms with van der Waals surface area (Å²) < 4.78 is 2.06. The number of nitrogens with one attached hydrogen (secondary N) is 1. The number of pyridine rings is 1. The third kappa shape index (κ3) is 4.72. The Bertz CT molecular complexity index is 800. The standard InChI is InChI=1S/C20H27N5O2/c1-14(2)10-19(27)25-9-8-24-13-17(23-20(24)15(25)3)11-18(26)22-12-16-6-4-5-7-21-16/h4-7,13-15H,8-12H2,1-3H3,(H,22,26)/t15-/m1/s1. The molecule has 0 fully saturated rings. The van der Waals surface area contributed by atoms with Crippen LogP contribution < -0.4 is 5.32 Å². The van der Waals surface area contributed by atoms with E-state index >= 15 is 0 Å². The molecule has 2 aromatic rings. The Morgan fingerprint density at radius 2 is 2.07 bits per heavy atom. The summed E-state index contributed by atoms with van der Waals surface area (Å²) in [4.78, 5) is 35.4. The van der Waals surface area contributed by atoms with Crippen molar-refractivity contribution in [3.8, 4) is 0 Å².